The van der Waals surface area contributed by atoms with Crippen LogP contribution in [0.5, 0.6) is 0 Å². The minimum absolute atomic E-state index is 0.232. The lowest BCUT2D eigenvalue weighted by Crippen LogP contribution is -2.51. The van der Waals surface area contributed by atoms with E-state index in [0.29, 0.717) is 51.1 Å². The van der Waals surface area contributed by atoms with E-state index < -0.39 is 10.0 Å². The molecule has 6 heteroatoms. The molecular weight excluding hydrogens is 252 g/mol. The second-order valence-corrected chi connectivity index (χ2v) is 7.59. The first-order chi connectivity index (χ1) is 8.55. The minimum atomic E-state index is -3.12. The molecule has 2 rings (SSSR count). The Morgan fingerprint density at radius 3 is 2.44 bits per heavy atom. The van der Waals surface area contributed by atoms with Crippen LogP contribution in [0.25, 0.3) is 0 Å². The Bertz CT molecular complexity index is 366. The quantitative estimate of drug-likeness (QED) is 0.812. The highest BCUT2D eigenvalue weighted by Crippen LogP contribution is 2.25. The zero-order valence-corrected chi connectivity index (χ0v) is 12.1. The lowest BCUT2D eigenvalue weighted by atomic mass is 9.96. The highest BCUT2D eigenvalue weighted by molar-refractivity contribution is 7.89. The molecule has 2 fully saturated rings. The van der Waals surface area contributed by atoms with Gasteiger partial charge in [0.1, 0.15) is 0 Å². The van der Waals surface area contributed by atoms with Crippen molar-refractivity contribution in [3.63, 3.8) is 0 Å². The van der Waals surface area contributed by atoms with Crippen LogP contribution < -0.4 is 5.32 Å². The van der Waals surface area contributed by atoms with Crippen molar-refractivity contribution in [1.29, 1.82) is 0 Å². The number of hydrogen-bond acceptors (Lipinski definition) is 4. The summed E-state index contributed by atoms with van der Waals surface area (Å²) in [5.74, 6) is 0.373. The van der Waals surface area contributed by atoms with Crippen molar-refractivity contribution in [3.8, 4) is 0 Å². The van der Waals surface area contributed by atoms with E-state index in [1.165, 1.54) is 0 Å². The number of rotatable bonds is 3. The van der Waals surface area contributed by atoms with E-state index in [-0.39, 0.29) is 5.25 Å². The lowest BCUT2D eigenvalue weighted by molar-refractivity contribution is 0.0964. The standard InChI is InChI=1S/C12H24N2O3S/c1-10-9-14(6-3-12(10)13-2)18(15,16)11-4-7-17-8-5-11/h10-13H,3-9H2,1-2H3. The molecule has 0 aromatic carbocycles. The van der Waals surface area contributed by atoms with Gasteiger partial charge in [-0.05, 0) is 32.2 Å². The van der Waals surface area contributed by atoms with Crippen molar-refractivity contribution >= 4 is 10.0 Å². The average molecular weight is 276 g/mol. The molecule has 0 aromatic rings. The normalized spacial score (nSPS) is 32.6. The van der Waals surface area contributed by atoms with Crippen LogP contribution in [0.1, 0.15) is 26.2 Å². The van der Waals surface area contributed by atoms with Gasteiger partial charge in [0, 0.05) is 32.3 Å². The van der Waals surface area contributed by atoms with Crippen molar-refractivity contribution < 1.29 is 13.2 Å². The zero-order chi connectivity index (χ0) is 13.2. The summed E-state index contributed by atoms with van der Waals surface area (Å²) in [5.41, 5.74) is 0. The third kappa shape index (κ3) is 2.87. The van der Waals surface area contributed by atoms with Crippen molar-refractivity contribution in [3.05, 3.63) is 0 Å². The third-order valence-electron chi connectivity index (χ3n) is 4.19. The van der Waals surface area contributed by atoms with Crippen LogP contribution in [0.3, 0.4) is 0 Å². The molecule has 0 radical (unpaired) electrons. The largest absolute Gasteiger partial charge is 0.381 e. The maximum absolute atomic E-state index is 12.5. The van der Waals surface area contributed by atoms with E-state index in [9.17, 15) is 8.42 Å². The molecule has 0 amide bonds. The number of ether oxygens (including phenoxy) is 1. The van der Waals surface area contributed by atoms with E-state index in [1.54, 1.807) is 4.31 Å². The van der Waals surface area contributed by atoms with Crippen LogP contribution in [0, 0.1) is 5.92 Å². The number of sulfonamides is 1. The maximum Gasteiger partial charge on any atom is 0.217 e. The molecule has 2 saturated heterocycles. The highest BCUT2D eigenvalue weighted by Gasteiger charge is 2.37. The lowest BCUT2D eigenvalue weighted by Gasteiger charge is -2.38. The fraction of sp³-hybridized carbons (Fsp3) is 1.00. The zero-order valence-electron chi connectivity index (χ0n) is 11.3. The van der Waals surface area contributed by atoms with Crippen molar-refractivity contribution in [2.45, 2.75) is 37.5 Å². The number of hydrogen-bond donors (Lipinski definition) is 1. The smallest absolute Gasteiger partial charge is 0.217 e. The number of piperidine rings is 1. The van der Waals surface area contributed by atoms with Gasteiger partial charge in [-0.3, -0.25) is 0 Å². The first kappa shape index (κ1) is 14.2. The van der Waals surface area contributed by atoms with Crippen LogP contribution in [0.2, 0.25) is 0 Å². The van der Waals surface area contributed by atoms with E-state index in [4.69, 9.17) is 4.74 Å². The summed E-state index contributed by atoms with van der Waals surface area (Å²) in [6.45, 7) is 4.56. The molecular formula is C12H24N2O3S. The van der Waals surface area contributed by atoms with E-state index >= 15 is 0 Å². The predicted molar refractivity (Wildman–Crippen MR) is 71.0 cm³/mol. The predicted octanol–water partition coefficient (Wildman–Crippen LogP) is 0.425. The van der Waals surface area contributed by atoms with Gasteiger partial charge in [-0.1, -0.05) is 6.92 Å². The van der Waals surface area contributed by atoms with Gasteiger partial charge in [-0.25, -0.2) is 12.7 Å². The summed E-state index contributed by atoms with van der Waals surface area (Å²) >= 11 is 0. The Kier molecular flexibility index (Phi) is 4.64. The molecule has 0 saturated carbocycles. The molecule has 0 aromatic heterocycles. The van der Waals surface area contributed by atoms with Crippen molar-refractivity contribution in [1.82, 2.24) is 9.62 Å². The molecule has 2 heterocycles. The number of nitrogens with one attached hydrogen (secondary N) is 1. The van der Waals surface area contributed by atoms with Crippen molar-refractivity contribution in [2.75, 3.05) is 33.4 Å². The first-order valence-corrected chi connectivity index (χ1v) is 8.30. The molecule has 2 atom stereocenters. The molecule has 0 bridgehead atoms. The second kappa shape index (κ2) is 5.86. The topological polar surface area (TPSA) is 58.6 Å². The summed E-state index contributed by atoms with van der Waals surface area (Å²) in [6.07, 6.45) is 2.19. The molecule has 2 unspecified atom stereocenters. The molecule has 1 N–H and O–H groups in total. The summed E-state index contributed by atoms with van der Waals surface area (Å²) in [6, 6.07) is 0.436. The van der Waals surface area contributed by atoms with Gasteiger partial charge in [0.25, 0.3) is 0 Å². The summed E-state index contributed by atoms with van der Waals surface area (Å²) in [7, 11) is -1.18. The van der Waals surface area contributed by atoms with Gasteiger partial charge in [0.15, 0.2) is 0 Å². The number of nitrogens with zero attached hydrogens (tertiary/aromatic N) is 1. The van der Waals surface area contributed by atoms with Gasteiger partial charge in [-0.2, -0.15) is 0 Å². The third-order valence-corrected chi connectivity index (χ3v) is 6.55. The molecule has 5 nitrogen and oxygen atoms in total. The molecule has 2 aliphatic rings. The van der Waals surface area contributed by atoms with Gasteiger partial charge in [0.2, 0.25) is 10.0 Å². The molecule has 18 heavy (non-hydrogen) atoms. The van der Waals surface area contributed by atoms with E-state index in [0.717, 1.165) is 6.42 Å². The van der Waals surface area contributed by atoms with Crippen LogP contribution in [0.15, 0.2) is 0 Å². The Morgan fingerprint density at radius 1 is 1.22 bits per heavy atom. The Labute approximate surface area is 110 Å². The van der Waals surface area contributed by atoms with Gasteiger partial charge >= 0.3 is 0 Å². The van der Waals surface area contributed by atoms with Crippen molar-refractivity contribution in [2.24, 2.45) is 5.92 Å². The fourth-order valence-corrected chi connectivity index (χ4v) is 4.96. The maximum atomic E-state index is 12.5. The van der Waals surface area contributed by atoms with E-state index in [2.05, 4.69) is 12.2 Å². The van der Waals surface area contributed by atoms with Crippen LogP contribution in [-0.2, 0) is 14.8 Å². The van der Waals surface area contributed by atoms with Crippen LogP contribution in [-0.4, -0.2) is 57.4 Å². The second-order valence-electron chi connectivity index (χ2n) is 5.38. The molecule has 0 aliphatic carbocycles. The first-order valence-electron chi connectivity index (χ1n) is 6.79. The molecule has 106 valence electrons. The van der Waals surface area contributed by atoms with Crippen LogP contribution >= 0.6 is 0 Å². The molecule has 0 spiro atoms. The summed E-state index contributed by atoms with van der Waals surface area (Å²) in [5, 5.41) is 3.03. The van der Waals surface area contributed by atoms with Gasteiger partial charge in [0.05, 0.1) is 5.25 Å². The molecule has 2 aliphatic heterocycles. The SMILES string of the molecule is CNC1CCN(S(=O)(=O)C2CCOCC2)CC1C. The Balaban J connectivity index is 2.02. The summed E-state index contributed by atoms with van der Waals surface area (Å²) in [4.78, 5) is 0. The summed E-state index contributed by atoms with van der Waals surface area (Å²) < 4.78 is 32.0. The van der Waals surface area contributed by atoms with E-state index in [1.807, 2.05) is 7.05 Å². The fourth-order valence-electron chi connectivity index (χ4n) is 2.95. The van der Waals surface area contributed by atoms with Gasteiger partial charge < -0.3 is 10.1 Å². The highest BCUT2D eigenvalue weighted by atomic mass is 32.2. The van der Waals surface area contributed by atoms with Crippen LogP contribution in [0.4, 0.5) is 0 Å². The Morgan fingerprint density at radius 2 is 1.89 bits per heavy atom. The minimum Gasteiger partial charge on any atom is -0.381 e. The monoisotopic (exact) mass is 276 g/mol. The average Bonchev–Trinajstić information content (AvgIpc) is 2.39. The van der Waals surface area contributed by atoms with Gasteiger partial charge in [-0.15, -0.1) is 0 Å². The Hall–Kier alpha value is -0.170.